The predicted molar refractivity (Wildman–Crippen MR) is 133 cm³/mol. The second kappa shape index (κ2) is 10.3. The first kappa shape index (κ1) is 25.1. The molecule has 5 N–H and O–H groups in total. The third-order valence-corrected chi connectivity index (χ3v) is 5.78. The second-order valence-electron chi connectivity index (χ2n) is 8.16. The molecule has 0 saturated carbocycles. The number of phenolic OH excluding ortho intramolecular Hbond substituents is 3. The SMILES string of the molecule is COC(=O)CC(c1cccc(OCC(N)=O)c1)c1c(O)c(O)c(O)c2c(=O)cc(-c3ccccc3)oc12. The topological polar surface area (TPSA) is 170 Å². The number of carbonyl (C=O) groups excluding carboxylic acids is 2. The lowest BCUT2D eigenvalue weighted by atomic mass is 9.86. The van der Waals surface area contributed by atoms with E-state index in [0.717, 1.165) is 6.07 Å². The van der Waals surface area contributed by atoms with Gasteiger partial charge >= 0.3 is 5.97 Å². The van der Waals surface area contributed by atoms with Gasteiger partial charge < -0.3 is 34.9 Å². The highest BCUT2D eigenvalue weighted by atomic mass is 16.5. The minimum atomic E-state index is -1.03. The van der Waals surface area contributed by atoms with E-state index in [4.69, 9.17) is 19.6 Å². The number of phenols is 3. The third kappa shape index (κ3) is 5.03. The molecule has 1 aromatic heterocycles. The minimum Gasteiger partial charge on any atom is -0.504 e. The van der Waals surface area contributed by atoms with Crippen LogP contribution < -0.4 is 15.9 Å². The molecule has 4 aromatic rings. The van der Waals surface area contributed by atoms with E-state index in [9.17, 15) is 29.7 Å². The number of nitrogens with two attached hydrogens (primary N) is 1. The number of rotatable bonds is 8. The van der Waals surface area contributed by atoms with Gasteiger partial charge in [-0.3, -0.25) is 14.4 Å². The van der Waals surface area contributed by atoms with Crippen molar-refractivity contribution in [3.63, 3.8) is 0 Å². The van der Waals surface area contributed by atoms with Crippen LogP contribution in [0.2, 0.25) is 0 Å². The first-order chi connectivity index (χ1) is 17.7. The molecule has 0 aliphatic heterocycles. The lowest BCUT2D eigenvalue weighted by molar-refractivity contribution is -0.140. The highest BCUT2D eigenvalue weighted by Crippen LogP contribution is 2.49. The molecule has 0 aliphatic rings. The Balaban J connectivity index is 2.01. The Morgan fingerprint density at radius 1 is 0.973 bits per heavy atom. The highest BCUT2D eigenvalue weighted by Gasteiger charge is 2.31. The molecule has 1 amide bonds. The van der Waals surface area contributed by atoms with Gasteiger partial charge in [0.15, 0.2) is 23.5 Å². The maximum Gasteiger partial charge on any atom is 0.306 e. The lowest BCUT2D eigenvalue weighted by Gasteiger charge is -2.21. The summed E-state index contributed by atoms with van der Waals surface area (Å²) < 4.78 is 16.2. The first-order valence-electron chi connectivity index (χ1n) is 11.1. The standard InChI is InChI=1S/C27H23NO9/c1-35-21(31)11-17(15-8-5-9-16(10-15)36-13-20(28)30)22-24(32)26(34)25(33)23-18(29)12-19(37-27(22)23)14-6-3-2-4-7-14/h2-10,12,17,32-34H,11,13H2,1H3,(H2,28,30). The molecule has 190 valence electrons. The van der Waals surface area contributed by atoms with Crippen molar-refractivity contribution in [1.82, 2.24) is 0 Å². The number of methoxy groups -OCH3 is 1. The van der Waals surface area contributed by atoms with Crippen molar-refractivity contribution >= 4 is 22.8 Å². The predicted octanol–water partition coefficient (Wildman–Crippen LogP) is 3.14. The molecule has 0 saturated heterocycles. The monoisotopic (exact) mass is 505 g/mol. The minimum absolute atomic E-state index is 0.127. The average Bonchev–Trinajstić information content (AvgIpc) is 2.90. The third-order valence-electron chi connectivity index (χ3n) is 5.78. The number of fused-ring (bicyclic) bond motifs is 1. The van der Waals surface area contributed by atoms with Gasteiger partial charge in [0, 0.05) is 23.1 Å². The Hall–Kier alpha value is -4.99. The smallest absolute Gasteiger partial charge is 0.306 e. The van der Waals surface area contributed by atoms with E-state index in [1.54, 1.807) is 48.5 Å². The van der Waals surface area contributed by atoms with Gasteiger partial charge in [0.25, 0.3) is 5.91 Å². The molecule has 0 fully saturated rings. The fourth-order valence-corrected chi connectivity index (χ4v) is 4.05. The van der Waals surface area contributed by atoms with Crippen molar-refractivity contribution in [1.29, 1.82) is 0 Å². The van der Waals surface area contributed by atoms with E-state index in [1.165, 1.54) is 13.2 Å². The zero-order valence-corrected chi connectivity index (χ0v) is 19.6. The van der Waals surface area contributed by atoms with Crippen LogP contribution in [-0.4, -0.2) is 40.9 Å². The maximum atomic E-state index is 13.1. The van der Waals surface area contributed by atoms with Gasteiger partial charge in [-0.1, -0.05) is 42.5 Å². The molecule has 3 aromatic carbocycles. The molecule has 1 unspecified atom stereocenters. The molecule has 0 spiro atoms. The number of carbonyl (C=O) groups is 2. The van der Waals surface area contributed by atoms with Crippen LogP contribution in [0.1, 0.15) is 23.5 Å². The molecule has 1 heterocycles. The summed E-state index contributed by atoms with van der Waals surface area (Å²) in [5, 5.41) is 31.6. The Morgan fingerprint density at radius 3 is 2.38 bits per heavy atom. The van der Waals surface area contributed by atoms with Crippen LogP contribution in [0.4, 0.5) is 0 Å². The van der Waals surface area contributed by atoms with Crippen LogP contribution in [0.5, 0.6) is 23.0 Å². The van der Waals surface area contributed by atoms with Gasteiger partial charge in [-0.25, -0.2) is 0 Å². The van der Waals surface area contributed by atoms with E-state index >= 15 is 0 Å². The van der Waals surface area contributed by atoms with Crippen LogP contribution in [0, 0.1) is 0 Å². The lowest BCUT2D eigenvalue weighted by Crippen LogP contribution is -2.20. The van der Waals surface area contributed by atoms with E-state index in [1.807, 2.05) is 0 Å². The number of primary amides is 1. The molecule has 1 atom stereocenters. The second-order valence-corrected chi connectivity index (χ2v) is 8.16. The fraction of sp³-hybridized carbons (Fsp3) is 0.148. The quantitative estimate of drug-likeness (QED) is 0.207. The number of esters is 1. The normalized spacial score (nSPS) is 11.7. The summed E-state index contributed by atoms with van der Waals surface area (Å²) in [4.78, 5) is 36.7. The van der Waals surface area contributed by atoms with Gasteiger partial charge in [-0.15, -0.1) is 0 Å². The van der Waals surface area contributed by atoms with Gasteiger partial charge in [0.05, 0.1) is 13.5 Å². The fourth-order valence-electron chi connectivity index (χ4n) is 4.05. The number of hydrogen-bond acceptors (Lipinski definition) is 9. The highest BCUT2D eigenvalue weighted by molar-refractivity contribution is 5.93. The summed E-state index contributed by atoms with van der Waals surface area (Å²) in [5.41, 5.74) is 5.06. The molecular formula is C27H23NO9. The van der Waals surface area contributed by atoms with Crippen LogP contribution in [0.25, 0.3) is 22.3 Å². The van der Waals surface area contributed by atoms with Crippen molar-refractivity contribution in [2.45, 2.75) is 12.3 Å². The molecule has 0 aliphatic carbocycles. The Bertz CT molecular complexity index is 1540. The van der Waals surface area contributed by atoms with Gasteiger partial charge in [0.2, 0.25) is 5.75 Å². The van der Waals surface area contributed by atoms with Crippen molar-refractivity contribution in [2.75, 3.05) is 13.7 Å². The van der Waals surface area contributed by atoms with Crippen molar-refractivity contribution in [2.24, 2.45) is 5.73 Å². The van der Waals surface area contributed by atoms with E-state index in [2.05, 4.69) is 0 Å². The molecule has 0 bridgehead atoms. The first-order valence-corrected chi connectivity index (χ1v) is 11.1. The zero-order chi connectivity index (χ0) is 26.7. The summed E-state index contributed by atoms with van der Waals surface area (Å²) in [5.74, 6) is -4.61. The molecule has 10 heteroatoms. The molecule has 37 heavy (non-hydrogen) atoms. The van der Waals surface area contributed by atoms with Gasteiger partial charge in [-0.05, 0) is 17.7 Å². The number of amides is 1. The van der Waals surface area contributed by atoms with E-state index in [-0.39, 0.29) is 34.5 Å². The molecule has 0 radical (unpaired) electrons. The van der Waals surface area contributed by atoms with Crippen LogP contribution >= 0.6 is 0 Å². The molecule has 10 nitrogen and oxygen atoms in total. The van der Waals surface area contributed by atoms with Crippen molar-refractivity contribution in [3.8, 4) is 34.3 Å². The Kier molecular flexibility index (Phi) is 7.01. The summed E-state index contributed by atoms with van der Waals surface area (Å²) in [6.45, 7) is -0.394. The number of ether oxygens (including phenoxy) is 2. The van der Waals surface area contributed by atoms with E-state index < -0.39 is 47.1 Å². The van der Waals surface area contributed by atoms with Crippen LogP contribution in [-0.2, 0) is 14.3 Å². The maximum absolute atomic E-state index is 13.1. The Morgan fingerprint density at radius 2 is 1.70 bits per heavy atom. The molecular weight excluding hydrogens is 482 g/mol. The molecule has 4 rings (SSSR count). The van der Waals surface area contributed by atoms with Crippen molar-refractivity contribution < 1.29 is 38.8 Å². The van der Waals surface area contributed by atoms with Crippen molar-refractivity contribution in [3.05, 3.63) is 82.0 Å². The average molecular weight is 505 g/mol. The zero-order valence-electron chi connectivity index (χ0n) is 19.6. The summed E-state index contributed by atoms with van der Waals surface area (Å²) in [7, 11) is 1.19. The Labute approximate surface area is 210 Å². The number of aromatic hydroxyl groups is 3. The van der Waals surface area contributed by atoms with E-state index in [0.29, 0.717) is 11.1 Å². The van der Waals surface area contributed by atoms with Crippen LogP contribution in [0.3, 0.4) is 0 Å². The largest absolute Gasteiger partial charge is 0.504 e. The number of benzene rings is 3. The van der Waals surface area contributed by atoms with Crippen LogP contribution in [0.15, 0.2) is 69.9 Å². The summed E-state index contributed by atoms with van der Waals surface area (Å²) in [6, 6.07) is 16.1. The van der Waals surface area contributed by atoms with Gasteiger partial charge in [-0.2, -0.15) is 0 Å². The summed E-state index contributed by atoms with van der Waals surface area (Å²) in [6.07, 6.45) is -0.345. The summed E-state index contributed by atoms with van der Waals surface area (Å²) >= 11 is 0. The number of hydrogen-bond donors (Lipinski definition) is 4. The van der Waals surface area contributed by atoms with Gasteiger partial charge in [0.1, 0.15) is 22.5 Å².